The molecule has 0 bridgehead atoms. The molecule has 0 radical (unpaired) electrons. The molecule has 1 unspecified atom stereocenters. The van der Waals surface area contributed by atoms with Gasteiger partial charge in [-0.3, -0.25) is 9.78 Å². The second-order valence-electron chi connectivity index (χ2n) is 5.68. The molecule has 23 heavy (non-hydrogen) atoms. The standard InChI is InChI=1S/C17H21ClN2O3/c1-11(2)14(21)7-9-19-16(22)10-23-15-6-5-13(18)12-4-3-8-20-17(12)15/h3-6,8,11,14,21H,7,9-10H2,1-2H3,(H,19,22). The van der Waals surface area contributed by atoms with Gasteiger partial charge in [0, 0.05) is 18.1 Å². The van der Waals surface area contributed by atoms with E-state index < -0.39 is 6.10 Å². The predicted molar refractivity (Wildman–Crippen MR) is 90.7 cm³/mol. The predicted octanol–water partition coefficient (Wildman–Crippen LogP) is 2.79. The minimum absolute atomic E-state index is 0.106. The number of ether oxygens (including phenoxy) is 1. The van der Waals surface area contributed by atoms with Gasteiger partial charge in [0.2, 0.25) is 0 Å². The molecule has 0 saturated carbocycles. The van der Waals surface area contributed by atoms with Gasteiger partial charge in [-0.15, -0.1) is 0 Å². The largest absolute Gasteiger partial charge is 0.481 e. The van der Waals surface area contributed by atoms with Gasteiger partial charge in [-0.05, 0) is 36.6 Å². The van der Waals surface area contributed by atoms with Crippen molar-refractivity contribution in [2.45, 2.75) is 26.4 Å². The number of aromatic nitrogens is 1. The zero-order valence-electron chi connectivity index (χ0n) is 13.3. The quantitative estimate of drug-likeness (QED) is 0.815. The number of benzene rings is 1. The zero-order valence-corrected chi connectivity index (χ0v) is 14.0. The van der Waals surface area contributed by atoms with Crippen molar-refractivity contribution < 1.29 is 14.6 Å². The van der Waals surface area contributed by atoms with Crippen LogP contribution in [0.15, 0.2) is 30.5 Å². The van der Waals surface area contributed by atoms with E-state index in [9.17, 15) is 9.90 Å². The summed E-state index contributed by atoms with van der Waals surface area (Å²) in [5, 5.41) is 13.8. The second-order valence-corrected chi connectivity index (χ2v) is 6.09. The molecule has 1 amide bonds. The summed E-state index contributed by atoms with van der Waals surface area (Å²) in [4.78, 5) is 16.1. The first kappa shape index (κ1) is 17.5. The summed E-state index contributed by atoms with van der Waals surface area (Å²) in [6, 6.07) is 7.07. The number of pyridine rings is 1. The van der Waals surface area contributed by atoms with Gasteiger partial charge < -0.3 is 15.2 Å². The van der Waals surface area contributed by atoms with E-state index >= 15 is 0 Å². The van der Waals surface area contributed by atoms with Crippen LogP contribution in [-0.4, -0.2) is 35.3 Å². The minimum atomic E-state index is -0.416. The number of aliphatic hydroxyl groups is 1. The van der Waals surface area contributed by atoms with Crippen LogP contribution in [0.1, 0.15) is 20.3 Å². The highest BCUT2D eigenvalue weighted by atomic mass is 35.5. The molecule has 0 aliphatic heterocycles. The van der Waals surface area contributed by atoms with Crippen molar-refractivity contribution in [3.05, 3.63) is 35.5 Å². The highest BCUT2D eigenvalue weighted by molar-refractivity contribution is 6.35. The summed E-state index contributed by atoms with van der Waals surface area (Å²) < 4.78 is 5.55. The molecule has 0 fully saturated rings. The van der Waals surface area contributed by atoms with Gasteiger partial charge in [-0.1, -0.05) is 25.4 Å². The first-order valence-electron chi connectivity index (χ1n) is 7.60. The van der Waals surface area contributed by atoms with E-state index in [2.05, 4.69) is 10.3 Å². The number of carbonyl (C=O) groups excluding carboxylic acids is 1. The zero-order chi connectivity index (χ0) is 16.8. The number of halogens is 1. The van der Waals surface area contributed by atoms with Gasteiger partial charge in [-0.25, -0.2) is 0 Å². The monoisotopic (exact) mass is 336 g/mol. The highest BCUT2D eigenvalue weighted by Crippen LogP contribution is 2.29. The lowest BCUT2D eigenvalue weighted by Crippen LogP contribution is -2.32. The van der Waals surface area contributed by atoms with Crippen LogP contribution in [0.2, 0.25) is 5.02 Å². The van der Waals surface area contributed by atoms with Gasteiger partial charge in [-0.2, -0.15) is 0 Å². The molecule has 0 aliphatic rings. The van der Waals surface area contributed by atoms with Gasteiger partial charge >= 0.3 is 0 Å². The average Bonchev–Trinajstić information content (AvgIpc) is 2.54. The Labute approximate surface area is 140 Å². The number of nitrogens with one attached hydrogen (secondary N) is 1. The van der Waals surface area contributed by atoms with Crippen molar-refractivity contribution >= 4 is 28.4 Å². The lowest BCUT2D eigenvalue weighted by molar-refractivity contribution is -0.123. The fourth-order valence-corrected chi connectivity index (χ4v) is 2.33. The molecule has 1 heterocycles. The Kier molecular flexibility index (Phi) is 6.19. The average molecular weight is 337 g/mol. The van der Waals surface area contributed by atoms with E-state index in [1.54, 1.807) is 24.4 Å². The summed E-state index contributed by atoms with van der Waals surface area (Å²) in [6.07, 6.45) is 1.76. The van der Waals surface area contributed by atoms with Crippen LogP contribution in [-0.2, 0) is 4.79 Å². The topological polar surface area (TPSA) is 71.5 Å². The Morgan fingerprint density at radius 1 is 1.39 bits per heavy atom. The Morgan fingerprint density at radius 2 is 2.17 bits per heavy atom. The van der Waals surface area contributed by atoms with Crippen molar-refractivity contribution in [2.24, 2.45) is 5.92 Å². The fourth-order valence-electron chi connectivity index (χ4n) is 2.12. The summed E-state index contributed by atoms with van der Waals surface area (Å²) in [6.45, 7) is 4.19. The van der Waals surface area contributed by atoms with E-state index in [1.165, 1.54) is 0 Å². The first-order valence-corrected chi connectivity index (χ1v) is 7.97. The maximum atomic E-state index is 11.8. The Bertz CT molecular complexity index is 676. The number of rotatable bonds is 7. The maximum absolute atomic E-state index is 11.8. The number of hydrogen-bond donors (Lipinski definition) is 2. The van der Waals surface area contributed by atoms with E-state index in [1.807, 2.05) is 19.9 Å². The van der Waals surface area contributed by atoms with Crippen LogP contribution in [0.25, 0.3) is 10.9 Å². The van der Waals surface area contributed by atoms with E-state index in [0.717, 1.165) is 5.39 Å². The third-order valence-corrected chi connectivity index (χ3v) is 3.90. The number of fused-ring (bicyclic) bond motifs is 1. The first-order chi connectivity index (χ1) is 11.0. The summed E-state index contributed by atoms with van der Waals surface area (Å²) >= 11 is 6.12. The SMILES string of the molecule is CC(C)C(O)CCNC(=O)COc1ccc(Cl)c2cccnc12. The molecule has 6 heteroatoms. The number of carbonyl (C=O) groups is 1. The van der Waals surface area contributed by atoms with Crippen molar-refractivity contribution in [3.63, 3.8) is 0 Å². The number of amides is 1. The molecular weight excluding hydrogens is 316 g/mol. The number of nitrogens with zero attached hydrogens (tertiary/aromatic N) is 1. The summed E-state index contributed by atoms with van der Waals surface area (Å²) in [7, 11) is 0. The summed E-state index contributed by atoms with van der Waals surface area (Å²) in [5.74, 6) is 0.456. The molecule has 5 nitrogen and oxygen atoms in total. The molecule has 124 valence electrons. The number of aliphatic hydroxyl groups excluding tert-OH is 1. The van der Waals surface area contributed by atoms with Crippen LogP contribution < -0.4 is 10.1 Å². The molecule has 0 aliphatic carbocycles. The molecule has 1 atom stereocenters. The van der Waals surface area contributed by atoms with Crippen LogP contribution in [0, 0.1) is 5.92 Å². The van der Waals surface area contributed by atoms with E-state index in [-0.39, 0.29) is 18.4 Å². The third kappa shape index (κ3) is 4.81. The van der Waals surface area contributed by atoms with Crippen molar-refractivity contribution in [1.29, 1.82) is 0 Å². The Morgan fingerprint density at radius 3 is 2.91 bits per heavy atom. The molecule has 2 N–H and O–H groups in total. The Hall–Kier alpha value is -1.85. The third-order valence-electron chi connectivity index (χ3n) is 3.57. The highest BCUT2D eigenvalue weighted by Gasteiger charge is 2.11. The van der Waals surface area contributed by atoms with Gasteiger partial charge in [0.25, 0.3) is 5.91 Å². The normalized spacial score (nSPS) is 12.4. The molecule has 2 rings (SSSR count). The molecule has 0 spiro atoms. The molecule has 1 aromatic carbocycles. The molecule has 2 aromatic rings. The lowest BCUT2D eigenvalue weighted by Gasteiger charge is -2.14. The van der Waals surface area contributed by atoms with Crippen LogP contribution in [0.3, 0.4) is 0 Å². The smallest absolute Gasteiger partial charge is 0.257 e. The maximum Gasteiger partial charge on any atom is 0.257 e. The van der Waals surface area contributed by atoms with Gasteiger partial charge in [0.15, 0.2) is 6.61 Å². The van der Waals surface area contributed by atoms with Crippen LogP contribution in [0.4, 0.5) is 0 Å². The molecular formula is C17H21ClN2O3. The molecule has 1 aromatic heterocycles. The van der Waals surface area contributed by atoms with Crippen molar-refractivity contribution in [1.82, 2.24) is 10.3 Å². The van der Waals surface area contributed by atoms with E-state index in [0.29, 0.717) is 29.3 Å². The van der Waals surface area contributed by atoms with Crippen LogP contribution >= 0.6 is 11.6 Å². The summed E-state index contributed by atoms with van der Waals surface area (Å²) in [5.41, 5.74) is 0.628. The second kappa shape index (κ2) is 8.13. The van der Waals surface area contributed by atoms with Crippen molar-refractivity contribution in [3.8, 4) is 5.75 Å². The van der Waals surface area contributed by atoms with Gasteiger partial charge in [0.05, 0.1) is 11.1 Å². The van der Waals surface area contributed by atoms with Gasteiger partial charge in [0.1, 0.15) is 11.3 Å². The fraction of sp³-hybridized carbons (Fsp3) is 0.412. The number of hydrogen-bond acceptors (Lipinski definition) is 4. The van der Waals surface area contributed by atoms with Crippen LogP contribution in [0.5, 0.6) is 5.75 Å². The molecule has 0 saturated heterocycles. The minimum Gasteiger partial charge on any atom is -0.481 e. The Balaban J connectivity index is 1.89. The van der Waals surface area contributed by atoms with E-state index in [4.69, 9.17) is 16.3 Å². The lowest BCUT2D eigenvalue weighted by atomic mass is 10.0. The van der Waals surface area contributed by atoms with Crippen molar-refractivity contribution in [2.75, 3.05) is 13.2 Å².